The summed E-state index contributed by atoms with van der Waals surface area (Å²) in [5, 5.41) is 22.7. The second-order valence-corrected chi connectivity index (χ2v) is 13.6. The maximum absolute atomic E-state index is 12.4. The molecule has 0 aromatic carbocycles. The Morgan fingerprint density at radius 3 is 2.57 bits per heavy atom. The van der Waals surface area contributed by atoms with Crippen LogP contribution in [-0.2, 0) is 23.7 Å². The van der Waals surface area contributed by atoms with Crippen LogP contribution in [0.2, 0.25) is 0 Å². The first-order valence-corrected chi connectivity index (χ1v) is 14.7. The first-order chi connectivity index (χ1) is 17.6. The van der Waals surface area contributed by atoms with Gasteiger partial charge in [0.15, 0.2) is 6.29 Å². The fourth-order valence-electron chi connectivity index (χ4n) is 10.0. The molecule has 6 aliphatic rings. The molecule has 2 heterocycles. The van der Waals surface area contributed by atoms with E-state index < -0.39 is 11.7 Å². The first kappa shape index (κ1) is 26.2. The van der Waals surface area contributed by atoms with Crippen LogP contribution in [0, 0.1) is 34.5 Å². The van der Waals surface area contributed by atoms with Crippen molar-refractivity contribution in [3.63, 3.8) is 0 Å². The summed E-state index contributed by atoms with van der Waals surface area (Å²) < 4.78 is 23.2. The van der Waals surface area contributed by atoms with Crippen LogP contribution in [0.15, 0.2) is 11.6 Å². The molecular weight excluding hydrogens is 472 g/mol. The van der Waals surface area contributed by atoms with Gasteiger partial charge in [0.05, 0.1) is 23.9 Å². The van der Waals surface area contributed by atoms with Gasteiger partial charge < -0.3 is 29.2 Å². The van der Waals surface area contributed by atoms with Crippen LogP contribution in [0.25, 0.3) is 0 Å². The smallest absolute Gasteiger partial charge is 0.331 e. The van der Waals surface area contributed by atoms with Crippen molar-refractivity contribution < 1.29 is 34.0 Å². The van der Waals surface area contributed by atoms with Gasteiger partial charge in [-0.1, -0.05) is 13.8 Å². The largest absolute Gasteiger partial charge is 0.458 e. The minimum absolute atomic E-state index is 0.166. The Kier molecular flexibility index (Phi) is 6.59. The van der Waals surface area contributed by atoms with Gasteiger partial charge in [0.25, 0.3) is 0 Å². The van der Waals surface area contributed by atoms with E-state index in [2.05, 4.69) is 13.8 Å². The van der Waals surface area contributed by atoms with E-state index in [9.17, 15) is 15.0 Å². The number of rotatable bonds is 4. The van der Waals surface area contributed by atoms with Gasteiger partial charge in [0, 0.05) is 25.0 Å². The molecule has 0 amide bonds. The van der Waals surface area contributed by atoms with Crippen LogP contribution < -0.4 is 0 Å². The Balaban J connectivity index is 1.15. The summed E-state index contributed by atoms with van der Waals surface area (Å²) in [5.74, 6) is 1.45. The van der Waals surface area contributed by atoms with Crippen molar-refractivity contribution in [1.82, 2.24) is 0 Å². The summed E-state index contributed by atoms with van der Waals surface area (Å²) in [6.45, 7) is 7.07. The number of esters is 1. The average Bonchev–Trinajstić information content (AvgIpc) is 3.41. The van der Waals surface area contributed by atoms with Gasteiger partial charge in [-0.25, -0.2) is 4.79 Å². The molecule has 7 heteroatoms. The molecule has 0 bridgehead atoms. The molecule has 12 atom stereocenters. The van der Waals surface area contributed by atoms with Gasteiger partial charge in [-0.05, 0) is 99.4 Å². The number of methoxy groups -OCH3 is 1. The highest BCUT2D eigenvalue weighted by Crippen LogP contribution is 2.70. The summed E-state index contributed by atoms with van der Waals surface area (Å²) in [4.78, 5) is 11.8. The lowest BCUT2D eigenvalue weighted by Crippen LogP contribution is -2.62. The van der Waals surface area contributed by atoms with Crippen molar-refractivity contribution in [3.8, 4) is 0 Å². The monoisotopic (exact) mass is 518 g/mol. The lowest BCUT2D eigenvalue weighted by atomic mass is 9.43. The third-order valence-electron chi connectivity index (χ3n) is 12.2. The average molecular weight is 519 g/mol. The molecule has 5 fully saturated rings. The molecule has 0 aromatic heterocycles. The Morgan fingerprint density at radius 2 is 1.84 bits per heavy atom. The van der Waals surface area contributed by atoms with Crippen molar-refractivity contribution in [2.24, 2.45) is 34.5 Å². The molecule has 0 spiro atoms. The molecule has 0 aromatic rings. The van der Waals surface area contributed by atoms with Gasteiger partial charge in [0.1, 0.15) is 12.7 Å². The third-order valence-corrected chi connectivity index (χ3v) is 12.2. The number of ether oxygens (including phenoxy) is 4. The normalized spacial score (nSPS) is 53.6. The fourth-order valence-corrected chi connectivity index (χ4v) is 10.0. The van der Waals surface area contributed by atoms with E-state index in [-0.39, 0.29) is 47.3 Å². The lowest BCUT2D eigenvalue weighted by Gasteiger charge is -2.64. The standard InChI is InChI=1S/C30H46O7/c1-17-27(32)24(34-4)15-26(36-17)37-20-7-10-28(2)19(14-20)5-6-23-22(28)8-11-29(3)21(9-12-30(23,29)33)18-13-25(31)35-16-18/h13,17,19-24,26-27,32-33H,5-12,14-16H2,1-4H3/t17-,19+,20+,21+,22-,23+,24+,26-,27+,28-,29+,30+/m0/s1. The molecule has 4 aliphatic carbocycles. The predicted octanol–water partition coefficient (Wildman–Crippen LogP) is 4.14. The minimum Gasteiger partial charge on any atom is -0.458 e. The zero-order valence-electron chi connectivity index (χ0n) is 23.0. The summed E-state index contributed by atoms with van der Waals surface area (Å²) >= 11 is 0. The molecule has 2 aliphatic heterocycles. The molecule has 1 saturated heterocycles. The van der Waals surface area contributed by atoms with Gasteiger partial charge in [-0.3, -0.25) is 0 Å². The topological polar surface area (TPSA) is 94.5 Å². The van der Waals surface area contributed by atoms with E-state index >= 15 is 0 Å². The van der Waals surface area contributed by atoms with Crippen LogP contribution in [-0.4, -0.2) is 66.2 Å². The van der Waals surface area contributed by atoms with Crippen molar-refractivity contribution in [1.29, 1.82) is 0 Å². The summed E-state index contributed by atoms with van der Waals surface area (Å²) in [6, 6.07) is 0. The maximum Gasteiger partial charge on any atom is 0.331 e. The number of aliphatic hydroxyl groups is 2. The van der Waals surface area contributed by atoms with Crippen LogP contribution in [0.4, 0.5) is 0 Å². The number of hydrogen-bond acceptors (Lipinski definition) is 7. The van der Waals surface area contributed by atoms with Crippen molar-refractivity contribution >= 4 is 5.97 Å². The van der Waals surface area contributed by atoms with Crippen LogP contribution in [0.5, 0.6) is 0 Å². The van der Waals surface area contributed by atoms with Crippen LogP contribution in [0.1, 0.15) is 85.0 Å². The summed E-state index contributed by atoms with van der Waals surface area (Å²) in [5.41, 5.74) is 0.461. The number of carbonyl (C=O) groups is 1. The Labute approximate surface area is 221 Å². The maximum atomic E-state index is 12.4. The summed E-state index contributed by atoms with van der Waals surface area (Å²) in [6.07, 6.45) is 10.2. The highest BCUT2D eigenvalue weighted by atomic mass is 16.7. The number of aliphatic hydroxyl groups excluding tert-OH is 1. The number of cyclic esters (lactones) is 1. The van der Waals surface area contributed by atoms with E-state index in [0.717, 1.165) is 63.4 Å². The van der Waals surface area contributed by atoms with Gasteiger partial charge in [0.2, 0.25) is 0 Å². The second kappa shape index (κ2) is 9.29. The molecule has 4 saturated carbocycles. The summed E-state index contributed by atoms with van der Waals surface area (Å²) in [7, 11) is 1.64. The van der Waals surface area contributed by atoms with E-state index in [1.165, 1.54) is 0 Å². The Hall–Kier alpha value is -0.990. The quantitative estimate of drug-likeness (QED) is 0.427. The number of hydrogen-bond donors (Lipinski definition) is 2. The molecule has 7 nitrogen and oxygen atoms in total. The molecule has 37 heavy (non-hydrogen) atoms. The SMILES string of the molecule is CO[C@@H]1C[C@H](O[C@@H]2CC[C@@]3(C)[C@H](CC[C@@H]4[C@@H]3CC[C@]3(C)[C@@H](C5=CC(=O)OC5)CC[C@@]43O)C2)O[C@@H](C)[C@H]1O. The zero-order valence-corrected chi connectivity index (χ0v) is 23.0. The first-order valence-electron chi connectivity index (χ1n) is 14.7. The predicted molar refractivity (Wildman–Crippen MR) is 136 cm³/mol. The van der Waals surface area contributed by atoms with Crippen molar-refractivity contribution in [2.45, 2.75) is 121 Å². The molecule has 6 rings (SSSR count). The Morgan fingerprint density at radius 1 is 1.03 bits per heavy atom. The van der Waals surface area contributed by atoms with E-state index in [1.807, 2.05) is 6.92 Å². The molecule has 0 unspecified atom stereocenters. The fraction of sp³-hybridized carbons (Fsp3) is 0.900. The van der Waals surface area contributed by atoms with Crippen LogP contribution in [0.3, 0.4) is 0 Å². The van der Waals surface area contributed by atoms with Crippen LogP contribution >= 0.6 is 0 Å². The molecular formula is C30H46O7. The van der Waals surface area contributed by atoms with E-state index in [0.29, 0.717) is 30.8 Å². The zero-order chi connectivity index (χ0) is 26.2. The van der Waals surface area contributed by atoms with Crippen molar-refractivity contribution in [2.75, 3.05) is 13.7 Å². The molecule has 2 N–H and O–H groups in total. The molecule has 208 valence electrons. The highest BCUT2D eigenvalue weighted by molar-refractivity contribution is 5.85. The lowest BCUT2D eigenvalue weighted by molar-refractivity contribution is -0.273. The number of carbonyl (C=O) groups excluding carboxylic acids is 1. The van der Waals surface area contributed by atoms with Gasteiger partial charge in [-0.2, -0.15) is 0 Å². The van der Waals surface area contributed by atoms with Gasteiger partial charge >= 0.3 is 5.97 Å². The minimum atomic E-state index is -0.670. The third kappa shape index (κ3) is 3.97. The Bertz CT molecular complexity index is 935. The van der Waals surface area contributed by atoms with Gasteiger partial charge in [-0.15, -0.1) is 0 Å². The van der Waals surface area contributed by atoms with E-state index in [1.54, 1.807) is 13.2 Å². The number of fused-ring (bicyclic) bond motifs is 5. The highest BCUT2D eigenvalue weighted by Gasteiger charge is 2.67. The van der Waals surface area contributed by atoms with E-state index in [4.69, 9.17) is 18.9 Å². The second-order valence-electron chi connectivity index (χ2n) is 13.6. The van der Waals surface area contributed by atoms with Crippen molar-refractivity contribution in [3.05, 3.63) is 11.6 Å². The molecule has 0 radical (unpaired) electrons.